The first-order valence-corrected chi connectivity index (χ1v) is 8.33. The van der Waals surface area contributed by atoms with Crippen LogP contribution in [0.15, 0.2) is 23.0 Å². The predicted octanol–water partition coefficient (Wildman–Crippen LogP) is 2.18. The van der Waals surface area contributed by atoms with Gasteiger partial charge in [0.1, 0.15) is 5.69 Å². The highest BCUT2D eigenvalue weighted by molar-refractivity contribution is 5.93. The number of carboxylic acids is 1. The molecule has 6 heteroatoms. The zero-order valence-electron chi connectivity index (χ0n) is 13.6. The topological polar surface area (TPSA) is 71.8 Å². The van der Waals surface area contributed by atoms with Crippen LogP contribution in [-0.2, 0) is 4.74 Å². The maximum atomic E-state index is 12.8. The molecule has 0 amide bonds. The van der Waals surface area contributed by atoms with Crippen molar-refractivity contribution in [3.8, 4) is 0 Å². The van der Waals surface area contributed by atoms with Crippen molar-refractivity contribution in [3.63, 3.8) is 0 Å². The summed E-state index contributed by atoms with van der Waals surface area (Å²) in [5.41, 5.74) is 1.99. The molecule has 4 rings (SSSR count). The van der Waals surface area contributed by atoms with Crippen LogP contribution in [0.3, 0.4) is 0 Å². The Labute approximate surface area is 139 Å². The number of ether oxygens (including phenoxy) is 1. The summed E-state index contributed by atoms with van der Waals surface area (Å²) in [6.07, 6.45) is 1.92. The van der Waals surface area contributed by atoms with Crippen LogP contribution in [0.1, 0.15) is 34.9 Å². The van der Waals surface area contributed by atoms with Crippen molar-refractivity contribution >= 4 is 22.6 Å². The van der Waals surface area contributed by atoms with Gasteiger partial charge in [-0.2, -0.15) is 0 Å². The van der Waals surface area contributed by atoms with E-state index in [1.165, 1.54) is 0 Å². The number of fused-ring (bicyclic) bond motifs is 1. The highest BCUT2D eigenvalue weighted by Crippen LogP contribution is 2.39. The lowest BCUT2D eigenvalue weighted by molar-refractivity contribution is 0.0683. The Hall–Kier alpha value is -2.34. The van der Waals surface area contributed by atoms with Crippen LogP contribution in [0.4, 0.5) is 5.69 Å². The Morgan fingerprint density at radius 1 is 1.25 bits per heavy atom. The summed E-state index contributed by atoms with van der Waals surface area (Å²) in [4.78, 5) is 26.7. The number of hydrogen-bond donors (Lipinski definition) is 1. The van der Waals surface area contributed by atoms with Crippen molar-refractivity contribution in [1.82, 2.24) is 4.57 Å². The molecule has 1 saturated heterocycles. The van der Waals surface area contributed by atoms with E-state index in [1.54, 1.807) is 6.92 Å². The van der Waals surface area contributed by atoms with Crippen LogP contribution >= 0.6 is 0 Å². The Morgan fingerprint density at radius 2 is 1.96 bits per heavy atom. The molecule has 0 spiro atoms. The van der Waals surface area contributed by atoms with E-state index < -0.39 is 5.97 Å². The number of carboxylic acid groups (broad SMARTS) is 1. The fraction of sp³-hybridized carbons (Fsp3) is 0.444. The van der Waals surface area contributed by atoms with Crippen molar-refractivity contribution in [2.75, 3.05) is 31.2 Å². The number of pyridine rings is 1. The van der Waals surface area contributed by atoms with E-state index in [4.69, 9.17) is 4.74 Å². The third kappa shape index (κ3) is 2.38. The molecule has 6 nitrogen and oxygen atoms in total. The minimum absolute atomic E-state index is 0.133. The molecule has 2 aliphatic rings. The molecule has 1 N–H and O–H groups in total. The van der Waals surface area contributed by atoms with Gasteiger partial charge in [0.15, 0.2) is 5.43 Å². The van der Waals surface area contributed by atoms with Crippen molar-refractivity contribution in [2.45, 2.75) is 25.8 Å². The van der Waals surface area contributed by atoms with Crippen LogP contribution in [0, 0.1) is 6.92 Å². The maximum absolute atomic E-state index is 12.8. The number of aromatic nitrogens is 1. The second kappa shape index (κ2) is 5.63. The van der Waals surface area contributed by atoms with Gasteiger partial charge in [-0.05, 0) is 38.0 Å². The summed E-state index contributed by atoms with van der Waals surface area (Å²) in [5.74, 6) is -1.03. The first-order chi connectivity index (χ1) is 11.6. The molecular formula is C18H20N2O4. The second-order valence-corrected chi connectivity index (χ2v) is 6.51. The van der Waals surface area contributed by atoms with E-state index in [0.717, 1.165) is 37.1 Å². The number of carbonyl (C=O) groups is 1. The van der Waals surface area contributed by atoms with Gasteiger partial charge in [-0.3, -0.25) is 4.79 Å². The van der Waals surface area contributed by atoms with Crippen LogP contribution < -0.4 is 10.3 Å². The van der Waals surface area contributed by atoms with Gasteiger partial charge in [0, 0.05) is 35.8 Å². The smallest absolute Gasteiger partial charge is 0.352 e. The Balaban J connectivity index is 1.94. The quantitative estimate of drug-likeness (QED) is 0.935. The summed E-state index contributed by atoms with van der Waals surface area (Å²) in [6, 6.07) is 5.96. The predicted molar refractivity (Wildman–Crippen MR) is 91.2 cm³/mol. The molecule has 0 atom stereocenters. The Kier molecular flexibility index (Phi) is 3.57. The van der Waals surface area contributed by atoms with Gasteiger partial charge in [0.25, 0.3) is 0 Å². The van der Waals surface area contributed by atoms with E-state index in [1.807, 2.05) is 22.8 Å². The molecule has 0 bridgehead atoms. The molecule has 1 saturated carbocycles. The summed E-state index contributed by atoms with van der Waals surface area (Å²) >= 11 is 0. The Morgan fingerprint density at radius 3 is 2.58 bits per heavy atom. The van der Waals surface area contributed by atoms with E-state index in [0.29, 0.717) is 24.2 Å². The molecule has 1 aliphatic carbocycles. The maximum Gasteiger partial charge on any atom is 0.352 e. The average molecular weight is 328 g/mol. The van der Waals surface area contributed by atoms with Gasteiger partial charge in [0.05, 0.1) is 18.7 Å². The highest BCUT2D eigenvalue weighted by Gasteiger charge is 2.31. The normalized spacial score (nSPS) is 18.1. The van der Waals surface area contributed by atoms with Crippen LogP contribution in [0.2, 0.25) is 0 Å². The SMILES string of the molecule is Cc1c(C(=O)O)n(C2CC2)c2ccc(N3CCOCC3)cc2c1=O. The minimum Gasteiger partial charge on any atom is -0.477 e. The standard InChI is InChI=1S/C18H20N2O4/c1-11-16(18(22)23)20(12-2-3-12)15-5-4-13(10-14(15)17(11)21)19-6-8-24-9-7-19/h4-5,10,12H,2-3,6-9H2,1H3,(H,22,23). The number of hydrogen-bond acceptors (Lipinski definition) is 4. The fourth-order valence-corrected chi connectivity index (χ4v) is 3.52. The van der Waals surface area contributed by atoms with Gasteiger partial charge in [-0.25, -0.2) is 4.79 Å². The van der Waals surface area contributed by atoms with Crippen molar-refractivity contribution in [1.29, 1.82) is 0 Å². The first kappa shape index (κ1) is 15.2. The molecule has 1 aromatic heterocycles. The van der Waals surface area contributed by atoms with E-state index in [9.17, 15) is 14.7 Å². The molecular weight excluding hydrogens is 308 g/mol. The van der Waals surface area contributed by atoms with Gasteiger partial charge >= 0.3 is 5.97 Å². The third-order valence-electron chi connectivity index (χ3n) is 4.91. The number of morpholine rings is 1. The summed E-state index contributed by atoms with van der Waals surface area (Å²) < 4.78 is 7.22. The zero-order chi connectivity index (χ0) is 16.8. The van der Waals surface area contributed by atoms with Crippen molar-refractivity contribution in [2.24, 2.45) is 0 Å². The third-order valence-corrected chi connectivity index (χ3v) is 4.91. The number of anilines is 1. The molecule has 24 heavy (non-hydrogen) atoms. The largest absolute Gasteiger partial charge is 0.477 e. The summed E-state index contributed by atoms with van der Waals surface area (Å²) in [5, 5.41) is 10.2. The lowest BCUT2D eigenvalue weighted by atomic mass is 10.1. The summed E-state index contributed by atoms with van der Waals surface area (Å²) in [6.45, 7) is 4.58. The Bertz CT molecular complexity index is 877. The average Bonchev–Trinajstić information content (AvgIpc) is 3.42. The van der Waals surface area contributed by atoms with E-state index in [2.05, 4.69) is 4.90 Å². The van der Waals surface area contributed by atoms with Crippen molar-refractivity contribution in [3.05, 3.63) is 39.7 Å². The monoisotopic (exact) mass is 328 g/mol. The number of rotatable bonds is 3. The molecule has 2 aromatic rings. The number of benzene rings is 1. The molecule has 126 valence electrons. The number of nitrogens with zero attached hydrogens (tertiary/aromatic N) is 2. The van der Waals surface area contributed by atoms with E-state index >= 15 is 0 Å². The molecule has 1 aliphatic heterocycles. The summed E-state index contributed by atoms with van der Waals surface area (Å²) in [7, 11) is 0. The second-order valence-electron chi connectivity index (χ2n) is 6.51. The van der Waals surface area contributed by atoms with Crippen LogP contribution in [-0.4, -0.2) is 41.9 Å². The fourth-order valence-electron chi connectivity index (χ4n) is 3.52. The molecule has 1 aromatic carbocycles. The zero-order valence-corrected chi connectivity index (χ0v) is 13.6. The van der Waals surface area contributed by atoms with Gasteiger partial charge in [0.2, 0.25) is 0 Å². The first-order valence-electron chi connectivity index (χ1n) is 8.33. The lowest BCUT2D eigenvalue weighted by Gasteiger charge is -2.29. The van der Waals surface area contributed by atoms with E-state index in [-0.39, 0.29) is 17.2 Å². The van der Waals surface area contributed by atoms with Gasteiger partial charge < -0.3 is 19.3 Å². The molecule has 0 unspecified atom stereocenters. The van der Waals surface area contributed by atoms with Crippen LogP contribution in [0.5, 0.6) is 0 Å². The number of aromatic carboxylic acids is 1. The van der Waals surface area contributed by atoms with Crippen molar-refractivity contribution < 1.29 is 14.6 Å². The van der Waals surface area contributed by atoms with Gasteiger partial charge in [-0.15, -0.1) is 0 Å². The molecule has 2 fully saturated rings. The van der Waals surface area contributed by atoms with Crippen LogP contribution in [0.25, 0.3) is 10.9 Å². The molecule has 0 radical (unpaired) electrons. The molecule has 2 heterocycles. The minimum atomic E-state index is -1.03. The lowest BCUT2D eigenvalue weighted by Crippen LogP contribution is -2.36. The van der Waals surface area contributed by atoms with Gasteiger partial charge in [-0.1, -0.05) is 0 Å². The highest BCUT2D eigenvalue weighted by atomic mass is 16.5.